The molecule has 10 aromatic carbocycles. The molecule has 0 fully saturated rings. The van der Waals surface area contributed by atoms with E-state index in [1.54, 1.807) is 0 Å². The molecular weight excluding hydrogens is 759 g/mol. The molecule has 0 radical (unpaired) electrons. The molecule has 2 aliphatic rings. The summed E-state index contributed by atoms with van der Waals surface area (Å²) in [4.78, 5) is 2.44. The Balaban J connectivity index is 0.892. The highest BCUT2D eigenvalue weighted by molar-refractivity contribution is 6.13. The second kappa shape index (κ2) is 14.0. The first-order valence-corrected chi connectivity index (χ1v) is 22.2. The van der Waals surface area contributed by atoms with Gasteiger partial charge in [-0.15, -0.1) is 0 Å². The topological polar surface area (TPSA) is 3.24 Å². The third-order valence-corrected chi connectivity index (χ3v) is 14.3. The van der Waals surface area contributed by atoms with Crippen molar-refractivity contribution in [2.24, 2.45) is 0 Å². The van der Waals surface area contributed by atoms with Gasteiger partial charge in [-0.3, -0.25) is 0 Å². The van der Waals surface area contributed by atoms with Crippen LogP contribution in [0.1, 0.15) is 49.9 Å². The predicted octanol–water partition coefficient (Wildman–Crippen LogP) is 17.1. The Kier molecular flexibility index (Phi) is 8.30. The van der Waals surface area contributed by atoms with Crippen molar-refractivity contribution in [1.29, 1.82) is 0 Å². The molecule has 0 atom stereocenters. The highest BCUT2D eigenvalue weighted by Gasteiger charge is 2.38. The quantitative estimate of drug-likeness (QED) is 0.151. The summed E-state index contributed by atoms with van der Waals surface area (Å²) >= 11 is 0. The third kappa shape index (κ3) is 5.84. The average Bonchev–Trinajstić information content (AvgIpc) is 3.70. The second-order valence-corrected chi connectivity index (χ2v) is 18.5. The van der Waals surface area contributed by atoms with Crippen molar-refractivity contribution < 1.29 is 0 Å². The van der Waals surface area contributed by atoms with Crippen molar-refractivity contribution >= 4 is 38.6 Å². The van der Waals surface area contributed by atoms with Crippen molar-refractivity contribution in [3.63, 3.8) is 0 Å². The van der Waals surface area contributed by atoms with Gasteiger partial charge in [0, 0.05) is 27.9 Å². The molecule has 300 valence electrons. The zero-order valence-electron chi connectivity index (χ0n) is 36.2. The molecular formula is C62H47N. The zero-order valence-corrected chi connectivity index (χ0v) is 36.2. The van der Waals surface area contributed by atoms with E-state index in [1.807, 2.05) is 0 Å². The Morgan fingerprint density at radius 3 is 1.25 bits per heavy atom. The Morgan fingerprint density at radius 1 is 0.270 bits per heavy atom. The van der Waals surface area contributed by atoms with Gasteiger partial charge in [0.15, 0.2) is 0 Å². The maximum atomic E-state index is 2.45. The molecule has 0 amide bonds. The van der Waals surface area contributed by atoms with Gasteiger partial charge in [0.1, 0.15) is 0 Å². The maximum absolute atomic E-state index is 2.45. The first-order chi connectivity index (χ1) is 30.7. The van der Waals surface area contributed by atoms with Gasteiger partial charge in [0.05, 0.1) is 0 Å². The Labute approximate surface area is 370 Å². The number of anilines is 3. The van der Waals surface area contributed by atoms with Gasteiger partial charge >= 0.3 is 0 Å². The summed E-state index contributed by atoms with van der Waals surface area (Å²) in [7, 11) is 0. The summed E-state index contributed by atoms with van der Waals surface area (Å²) in [5.41, 5.74) is 21.4. The molecule has 0 spiro atoms. The molecule has 0 heterocycles. The molecule has 12 rings (SSSR count). The van der Waals surface area contributed by atoms with Crippen LogP contribution < -0.4 is 4.90 Å². The Hall–Kier alpha value is -7.48. The molecule has 0 aromatic heterocycles. The number of hydrogen-bond acceptors (Lipinski definition) is 1. The van der Waals surface area contributed by atoms with Crippen LogP contribution in [0, 0.1) is 0 Å². The first kappa shape index (κ1) is 37.3. The van der Waals surface area contributed by atoms with Gasteiger partial charge < -0.3 is 4.90 Å². The van der Waals surface area contributed by atoms with Crippen molar-refractivity contribution in [3.8, 4) is 55.6 Å². The molecule has 0 aliphatic heterocycles. The molecule has 2 aliphatic carbocycles. The number of para-hydroxylation sites is 1. The summed E-state index contributed by atoms with van der Waals surface area (Å²) in [5, 5.41) is 5.15. The predicted molar refractivity (Wildman–Crippen MR) is 268 cm³/mol. The van der Waals surface area contributed by atoms with Crippen molar-refractivity contribution in [3.05, 3.63) is 235 Å². The minimum atomic E-state index is -0.193. The van der Waals surface area contributed by atoms with E-state index in [0.29, 0.717) is 0 Å². The van der Waals surface area contributed by atoms with Crippen LogP contribution in [0.2, 0.25) is 0 Å². The summed E-state index contributed by atoms with van der Waals surface area (Å²) in [6, 6.07) is 79.0. The lowest BCUT2D eigenvalue weighted by atomic mass is 9.81. The van der Waals surface area contributed by atoms with Gasteiger partial charge in [-0.2, -0.15) is 0 Å². The molecule has 0 saturated heterocycles. The lowest BCUT2D eigenvalue weighted by Gasteiger charge is -2.29. The van der Waals surface area contributed by atoms with Crippen molar-refractivity contribution in [1.82, 2.24) is 0 Å². The number of benzene rings is 10. The fourth-order valence-corrected chi connectivity index (χ4v) is 10.9. The van der Waals surface area contributed by atoms with E-state index in [0.717, 1.165) is 11.4 Å². The summed E-state index contributed by atoms with van der Waals surface area (Å²) in [6.45, 7) is 9.55. The molecule has 1 nitrogen and oxygen atoms in total. The van der Waals surface area contributed by atoms with E-state index in [9.17, 15) is 0 Å². The Morgan fingerprint density at radius 2 is 0.683 bits per heavy atom. The number of fused-ring (bicyclic) bond motifs is 9. The lowest BCUT2D eigenvalue weighted by molar-refractivity contribution is 0.660. The van der Waals surface area contributed by atoms with Crippen molar-refractivity contribution in [2.45, 2.75) is 38.5 Å². The van der Waals surface area contributed by atoms with Gasteiger partial charge in [-0.05, 0) is 154 Å². The molecule has 1 heteroatoms. The minimum absolute atomic E-state index is 0.155. The SMILES string of the molecule is CC1(C)c2cc(-c3ccccc3)ccc2-c2ccc(N(c3ccccc3)c3ccc4c(c3)C(C)(C)c3cc(-c5ccc(-c6cc7ccccc7c7ccccc67)cc5)ccc3-4)cc21. The number of hydrogen-bond donors (Lipinski definition) is 0. The van der Waals surface area contributed by atoms with Crippen LogP contribution >= 0.6 is 0 Å². The van der Waals surface area contributed by atoms with Crippen LogP contribution in [-0.2, 0) is 10.8 Å². The lowest BCUT2D eigenvalue weighted by Crippen LogP contribution is -2.18. The molecule has 63 heavy (non-hydrogen) atoms. The van der Waals surface area contributed by atoms with E-state index in [1.165, 1.54) is 105 Å². The smallest absolute Gasteiger partial charge is 0.0465 e. The van der Waals surface area contributed by atoms with E-state index in [4.69, 9.17) is 0 Å². The van der Waals surface area contributed by atoms with Crippen molar-refractivity contribution in [2.75, 3.05) is 4.90 Å². The normalized spacial score (nSPS) is 14.0. The summed E-state index contributed by atoms with van der Waals surface area (Å²) in [5.74, 6) is 0. The molecule has 0 unspecified atom stereocenters. The fraction of sp³-hybridized carbons (Fsp3) is 0.0968. The molecule has 0 saturated carbocycles. The molecule has 0 N–H and O–H groups in total. The summed E-state index contributed by atoms with van der Waals surface area (Å²) < 4.78 is 0. The standard InChI is InChI=1S/C62H47N/c1-61(2)57-36-43(40-15-7-5-8-16-40)27-31-52(57)54-33-29-47(38-59(54)61)63(46-18-9-6-10-19-46)48-30-34-55-53-32-28-44(37-58(53)62(3,4)60(55)39-48)41-23-25-42(26-24-41)56-35-45-17-11-12-20-49(45)50-21-13-14-22-51(50)56/h5-39H,1-4H3. The van der Waals surface area contributed by atoms with Crippen LogP contribution in [-0.4, -0.2) is 0 Å². The van der Waals surface area contributed by atoms with E-state index in [-0.39, 0.29) is 10.8 Å². The fourth-order valence-electron chi connectivity index (χ4n) is 10.9. The van der Waals surface area contributed by atoms with Crippen LogP contribution in [0.3, 0.4) is 0 Å². The number of nitrogens with zero attached hydrogens (tertiary/aromatic N) is 1. The Bertz CT molecular complexity index is 3430. The van der Waals surface area contributed by atoms with Gasteiger partial charge in [0.25, 0.3) is 0 Å². The average molecular weight is 806 g/mol. The monoisotopic (exact) mass is 805 g/mol. The molecule has 10 aromatic rings. The van der Waals surface area contributed by atoms with Gasteiger partial charge in [0.2, 0.25) is 0 Å². The van der Waals surface area contributed by atoms with Gasteiger partial charge in [-0.25, -0.2) is 0 Å². The highest BCUT2D eigenvalue weighted by Crippen LogP contribution is 2.54. The van der Waals surface area contributed by atoms with Gasteiger partial charge in [-0.1, -0.05) is 185 Å². The minimum Gasteiger partial charge on any atom is -0.310 e. The summed E-state index contributed by atoms with van der Waals surface area (Å²) in [6.07, 6.45) is 0. The van der Waals surface area contributed by atoms with Crippen LogP contribution in [0.5, 0.6) is 0 Å². The van der Waals surface area contributed by atoms with E-state index in [2.05, 4.69) is 245 Å². The number of rotatable bonds is 6. The van der Waals surface area contributed by atoms with Crippen LogP contribution in [0.25, 0.3) is 77.2 Å². The van der Waals surface area contributed by atoms with E-state index < -0.39 is 0 Å². The maximum Gasteiger partial charge on any atom is 0.0465 e. The highest BCUT2D eigenvalue weighted by atomic mass is 15.1. The molecule has 0 bridgehead atoms. The third-order valence-electron chi connectivity index (χ3n) is 14.3. The largest absolute Gasteiger partial charge is 0.310 e. The zero-order chi connectivity index (χ0) is 42.5. The van der Waals surface area contributed by atoms with Crippen LogP contribution in [0.15, 0.2) is 212 Å². The van der Waals surface area contributed by atoms with E-state index >= 15 is 0 Å². The van der Waals surface area contributed by atoms with Crippen LogP contribution in [0.4, 0.5) is 17.1 Å². The first-order valence-electron chi connectivity index (χ1n) is 22.2. The second-order valence-electron chi connectivity index (χ2n) is 18.5.